The van der Waals surface area contributed by atoms with Gasteiger partial charge in [-0.1, -0.05) is 50.9 Å². The van der Waals surface area contributed by atoms with Gasteiger partial charge in [0.2, 0.25) is 0 Å². The van der Waals surface area contributed by atoms with Gasteiger partial charge in [0.15, 0.2) is 5.96 Å². The SMILES string of the molecule is CCS(=O)C1CCCC(NC(=NC)NCC(C)(C)c2cccc(Cl)c2)C1. The average molecular weight is 398 g/mol. The molecule has 146 valence electrons. The molecule has 0 saturated heterocycles. The fourth-order valence-electron chi connectivity index (χ4n) is 3.45. The number of rotatable bonds is 6. The molecule has 0 aromatic heterocycles. The number of benzene rings is 1. The average Bonchev–Trinajstić information content (AvgIpc) is 2.64. The molecule has 1 aromatic rings. The summed E-state index contributed by atoms with van der Waals surface area (Å²) in [6, 6.07) is 8.35. The van der Waals surface area contributed by atoms with Gasteiger partial charge in [-0.25, -0.2) is 0 Å². The zero-order valence-corrected chi connectivity index (χ0v) is 17.9. The highest BCUT2D eigenvalue weighted by atomic mass is 35.5. The summed E-state index contributed by atoms with van der Waals surface area (Å²) in [4.78, 5) is 4.38. The smallest absolute Gasteiger partial charge is 0.191 e. The molecule has 1 saturated carbocycles. The molecule has 2 rings (SSSR count). The van der Waals surface area contributed by atoms with Crippen molar-refractivity contribution in [3.8, 4) is 0 Å². The number of aliphatic imine (C=N–C) groups is 1. The van der Waals surface area contributed by atoms with Crippen LogP contribution in [0.25, 0.3) is 0 Å². The number of hydrogen-bond acceptors (Lipinski definition) is 2. The van der Waals surface area contributed by atoms with E-state index >= 15 is 0 Å². The van der Waals surface area contributed by atoms with Crippen molar-refractivity contribution < 1.29 is 4.21 Å². The zero-order chi connectivity index (χ0) is 19.2. The standard InChI is InChI=1S/C20H32ClN3OS/c1-5-26(25)18-11-7-10-17(13-18)24-19(22-4)23-14-20(2,3)15-8-6-9-16(21)12-15/h6,8-9,12,17-18H,5,7,10-11,13-14H2,1-4H3,(H2,22,23,24). The lowest BCUT2D eigenvalue weighted by atomic mass is 9.84. The van der Waals surface area contributed by atoms with Crippen LogP contribution in [0.3, 0.4) is 0 Å². The van der Waals surface area contributed by atoms with E-state index in [1.165, 1.54) is 5.56 Å². The van der Waals surface area contributed by atoms with E-state index in [2.05, 4.69) is 35.5 Å². The van der Waals surface area contributed by atoms with Gasteiger partial charge >= 0.3 is 0 Å². The van der Waals surface area contributed by atoms with E-state index in [-0.39, 0.29) is 5.41 Å². The van der Waals surface area contributed by atoms with Crippen LogP contribution in [0.15, 0.2) is 29.3 Å². The first-order chi connectivity index (χ1) is 12.4. The molecule has 0 bridgehead atoms. The third kappa shape index (κ3) is 5.98. The second-order valence-electron chi connectivity index (χ2n) is 7.62. The molecule has 6 heteroatoms. The predicted molar refractivity (Wildman–Crippen MR) is 114 cm³/mol. The second-order valence-corrected chi connectivity index (χ2v) is 10.1. The number of nitrogens with one attached hydrogen (secondary N) is 2. The minimum atomic E-state index is -0.709. The van der Waals surface area contributed by atoms with Gasteiger partial charge in [-0.05, 0) is 37.0 Å². The Labute approximate surface area is 165 Å². The predicted octanol–water partition coefficient (Wildman–Crippen LogP) is 3.86. The van der Waals surface area contributed by atoms with E-state index in [0.717, 1.165) is 49.0 Å². The van der Waals surface area contributed by atoms with E-state index in [9.17, 15) is 4.21 Å². The lowest BCUT2D eigenvalue weighted by molar-refractivity contribution is 0.410. The maximum atomic E-state index is 12.1. The molecule has 0 aliphatic heterocycles. The topological polar surface area (TPSA) is 53.5 Å². The summed E-state index contributed by atoms with van der Waals surface area (Å²) < 4.78 is 12.1. The molecule has 3 atom stereocenters. The monoisotopic (exact) mass is 397 g/mol. The fraction of sp³-hybridized carbons (Fsp3) is 0.650. The first-order valence-corrected chi connectivity index (χ1v) is 11.2. The Morgan fingerprint density at radius 1 is 1.38 bits per heavy atom. The lowest BCUT2D eigenvalue weighted by Crippen LogP contribution is -2.49. The normalized spacial score (nSPS) is 22.7. The summed E-state index contributed by atoms with van der Waals surface area (Å²) in [7, 11) is 1.09. The molecule has 26 heavy (non-hydrogen) atoms. The Bertz CT molecular complexity index is 648. The molecular formula is C20H32ClN3OS. The molecule has 0 spiro atoms. The summed E-state index contributed by atoms with van der Waals surface area (Å²) in [5, 5.41) is 8.05. The summed E-state index contributed by atoms with van der Waals surface area (Å²) in [6.45, 7) is 7.15. The maximum absolute atomic E-state index is 12.1. The van der Waals surface area contributed by atoms with Gasteiger partial charge in [0, 0.05) is 51.9 Å². The van der Waals surface area contributed by atoms with Crippen LogP contribution in [0.2, 0.25) is 5.02 Å². The van der Waals surface area contributed by atoms with Crippen LogP contribution in [0.4, 0.5) is 0 Å². The molecule has 1 aliphatic rings. The largest absolute Gasteiger partial charge is 0.356 e. The maximum Gasteiger partial charge on any atom is 0.191 e. The number of halogens is 1. The van der Waals surface area contributed by atoms with Crippen molar-refractivity contribution in [3.63, 3.8) is 0 Å². The quantitative estimate of drug-likeness (QED) is 0.566. The van der Waals surface area contributed by atoms with Crippen LogP contribution in [0.1, 0.15) is 52.0 Å². The molecular weight excluding hydrogens is 366 g/mol. The molecule has 4 nitrogen and oxygen atoms in total. The van der Waals surface area contributed by atoms with Crippen LogP contribution in [0.5, 0.6) is 0 Å². The summed E-state index contributed by atoms with van der Waals surface area (Å²) in [5.41, 5.74) is 1.13. The number of guanidine groups is 1. The molecule has 1 aromatic carbocycles. The van der Waals surface area contributed by atoms with Crippen LogP contribution in [-0.4, -0.2) is 40.8 Å². The van der Waals surface area contributed by atoms with Crippen LogP contribution in [-0.2, 0) is 16.2 Å². The summed E-state index contributed by atoms with van der Waals surface area (Å²) >= 11 is 6.14. The molecule has 3 unspecified atom stereocenters. The summed E-state index contributed by atoms with van der Waals surface area (Å²) in [5.74, 6) is 1.56. The van der Waals surface area contributed by atoms with Gasteiger partial charge in [-0.3, -0.25) is 9.20 Å². The van der Waals surface area contributed by atoms with Crippen molar-refractivity contribution in [2.24, 2.45) is 4.99 Å². The number of hydrogen-bond donors (Lipinski definition) is 2. The van der Waals surface area contributed by atoms with Gasteiger partial charge in [0.05, 0.1) is 0 Å². The van der Waals surface area contributed by atoms with Gasteiger partial charge in [-0.15, -0.1) is 0 Å². The molecule has 0 heterocycles. The van der Waals surface area contributed by atoms with Crippen molar-refractivity contribution >= 4 is 28.4 Å². The van der Waals surface area contributed by atoms with Gasteiger partial charge < -0.3 is 10.6 Å². The Morgan fingerprint density at radius 2 is 2.15 bits per heavy atom. The van der Waals surface area contributed by atoms with Crippen molar-refractivity contribution in [3.05, 3.63) is 34.9 Å². The van der Waals surface area contributed by atoms with Crippen LogP contribution >= 0.6 is 11.6 Å². The van der Waals surface area contributed by atoms with E-state index in [1.807, 2.05) is 25.1 Å². The molecule has 2 N–H and O–H groups in total. The Balaban J connectivity index is 1.92. The molecule has 1 aliphatic carbocycles. The highest BCUT2D eigenvalue weighted by Gasteiger charge is 2.27. The van der Waals surface area contributed by atoms with Gasteiger partial charge in [0.1, 0.15) is 0 Å². The minimum absolute atomic E-state index is 0.0681. The Hall–Kier alpha value is -1.07. The van der Waals surface area contributed by atoms with Crippen LogP contribution in [0, 0.1) is 0 Å². The third-order valence-corrected chi connectivity index (χ3v) is 7.13. The van der Waals surface area contributed by atoms with Crippen molar-refractivity contribution in [2.45, 2.75) is 63.2 Å². The van der Waals surface area contributed by atoms with E-state index in [4.69, 9.17) is 11.6 Å². The van der Waals surface area contributed by atoms with Crippen molar-refractivity contribution in [1.82, 2.24) is 10.6 Å². The highest BCUT2D eigenvalue weighted by Crippen LogP contribution is 2.25. The van der Waals surface area contributed by atoms with E-state index < -0.39 is 10.8 Å². The Morgan fingerprint density at radius 3 is 2.81 bits per heavy atom. The zero-order valence-electron chi connectivity index (χ0n) is 16.3. The first-order valence-electron chi connectivity index (χ1n) is 9.46. The lowest BCUT2D eigenvalue weighted by Gasteiger charge is -2.32. The second kappa shape index (κ2) is 9.75. The van der Waals surface area contributed by atoms with Crippen molar-refractivity contribution in [1.29, 1.82) is 0 Å². The van der Waals surface area contributed by atoms with Gasteiger partial charge in [0.25, 0.3) is 0 Å². The first kappa shape index (κ1) is 21.2. The van der Waals surface area contributed by atoms with E-state index in [1.54, 1.807) is 7.05 Å². The molecule has 1 fully saturated rings. The van der Waals surface area contributed by atoms with Crippen molar-refractivity contribution in [2.75, 3.05) is 19.3 Å². The minimum Gasteiger partial charge on any atom is -0.356 e. The van der Waals surface area contributed by atoms with E-state index in [0.29, 0.717) is 11.3 Å². The third-order valence-electron chi connectivity index (χ3n) is 5.15. The van der Waals surface area contributed by atoms with Crippen LogP contribution < -0.4 is 10.6 Å². The molecule has 0 amide bonds. The summed E-state index contributed by atoms with van der Waals surface area (Å²) in [6.07, 6.45) is 4.26. The molecule has 0 radical (unpaired) electrons. The van der Waals surface area contributed by atoms with Gasteiger partial charge in [-0.2, -0.15) is 0 Å². The Kier molecular flexibility index (Phi) is 7.96. The highest BCUT2D eigenvalue weighted by molar-refractivity contribution is 7.85. The fourth-order valence-corrected chi connectivity index (χ4v) is 4.99. The number of nitrogens with zero attached hydrogens (tertiary/aromatic N) is 1.